The van der Waals surface area contributed by atoms with Gasteiger partial charge in [0.25, 0.3) is 0 Å². The van der Waals surface area contributed by atoms with E-state index in [2.05, 4.69) is 4.98 Å². The minimum atomic E-state index is -0.255. The Hall–Kier alpha value is -1.72. The van der Waals surface area contributed by atoms with Crippen molar-refractivity contribution >= 4 is 17.2 Å². The number of nitrogens with zero attached hydrogens (tertiary/aromatic N) is 2. The van der Waals surface area contributed by atoms with Crippen LogP contribution in [0.25, 0.3) is 0 Å². The minimum absolute atomic E-state index is 0.0485. The highest BCUT2D eigenvalue weighted by atomic mass is 32.1. The van der Waals surface area contributed by atoms with Gasteiger partial charge in [-0.25, -0.2) is 4.98 Å². The molecule has 2 aromatic rings. The lowest BCUT2D eigenvalue weighted by molar-refractivity contribution is -0.130. The van der Waals surface area contributed by atoms with E-state index in [1.54, 1.807) is 23.3 Å². The molecule has 1 unspecified atom stereocenters. The minimum Gasteiger partial charge on any atom is -0.340 e. The summed E-state index contributed by atoms with van der Waals surface area (Å²) < 4.78 is 0. The van der Waals surface area contributed by atoms with Crippen LogP contribution in [0.2, 0.25) is 0 Å². The monoisotopic (exact) mass is 289 g/mol. The number of aryl methyl sites for hydroxylation is 1. The Labute approximate surface area is 123 Å². The van der Waals surface area contributed by atoms with Gasteiger partial charge in [-0.15, -0.1) is 11.3 Å². The van der Waals surface area contributed by atoms with Gasteiger partial charge in [-0.1, -0.05) is 30.3 Å². The van der Waals surface area contributed by atoms with Gasteiger partial charge in [-0.2, -0.15) is 0 Å². The van der Waals surface area contributed by atoms with Crippen molar-refractivity contribution in [2.24, 2.45) is 5.73 Å². The highest BCUT2D eigenvalue weighted by Crippen LogP contribution is 2.17. The number of nitrogens with two attached hydrogens (primary N) is 1. The van der Waals surface area contributed by atoms with Crippen LogP contribution in [0, 0.1) is 6.92 Å². The van der Waals surface area contributed by atoms with Gasteiger partial charge in [0, 0.05) is 30.6 Å². The van der Waals surface area contributed by atoms with Crippen molar-refractivity contribution in [3.63, 3.8) is 0 Å². The Bertz CT molecular complexity index is 568. The largest absolute Gasteiger partial charge is 0.340 e. The number of benzene rings is 1. The van der Waals surface area contributed by atoms with E-state index in [0.29, 0.717) is 13.0 Å². The average molecular weight is 289 g/mol. The fourth-order valence-corrected chi connectivity index (χ4v) is 2.81. The zero-order valence-electron chi connectivity index (χ0n) is 11.7. The molecular weight excluding hydrogens is 270 g/mol. The van der Waals surface area contributed by atoms with Crippen molar-refractivity contribution in [3.05, 3.63) is 52.0 Å². The number of aromatic nitrogens is 1. The van der Waals surface area contributed by atoms with Crippen molar-refractivity contribution in [2.75, 3.05) is 7.05 Å². The van der Waals surface area contributed by atoms with Crippen LogP contribution in [-0.4, -0.2) is 22.8 Å². The van der Waals surface area contributed by atoms with Gasteiger partial charge in [0.05, 0.1) is 11.6 Å². The first-order valence-electron chi connectivity index (χ1n) is 6.52. The van der Waals surface area contributed by atoms with Crippen molar-refractivity contribution in [3.8, 4) is 0 Å². The quantitative estimate of drug-likeness (QED) is 0.920. The lowest BCUT2D eigenvalue weighted by atomic mass is 10.0. The van der Waals surface area contributed by atoms with Gasteiger partial charge in [0.1, 0.15) is 0 Å². The Morgan fingerprint density at radius 3 is 2.70 bits per heavy atom. The SMILES string of the molecule is Cc1ncc(CN(C)C(=O)CC(N)c2ccccc2)s1. The Kier molecular flexibility index (Phi) is 4.87. The van der Waals surface area contributed by atoms with Crippen molar-refractivity contribution < 1.29 is 4.79 Å². The van der Waals surface area contributed by atoms with Gasteiger partial charge in [0.15, 0.2) is 0 Å². The summed E-state index contributed by atoms with van der Waals surface area (Å²) in [6, 6.07) is 9.45. The molecular formula is C15H19N3OS. The molecule has 0 bridgehead atoms. The van der Waals surface area contributed by atoms with Gasteiger partial charge in [-0.05, 0) is 12.5 Å². The average Bonchev–Trinajstić information content (AvgIpc) is 2.85. The highest BCUT2D eigenvalue weighted by Gasteiger charge is 2.15. The third-order valence-electron chi connectivity index (χ3n) is 3.11. The number of carbonyl (C=O) groups excluding carboxylic acids is 1. The molecule has 1 aromatic carbocycles. The molecule has 4 nitrogen and oxygen atoms in total. The molecule has 0 aliphatic rings. The number of rotatable bonds is 5. The maximum atomic E-state index is 12.2. The standard InChI is InChI=1S/C15H19N3OS/c1-11-17-9-13(20-11)10-18(2)15(19)8-14(16)12-6-4-3-5-7-12/h3-7,9,14H,8,10,16H2,1-2H3. The first kappa shape index (κ1) is 14.7. The van der Waals surface area contributed by atoms with Crippen LogP contribution < -0.4 is 5.73 Å². The smallest absolute Gasteiger partial charge is 0.224 e. The van der Waals surface area contributed by atoms with E-state index < -0.39 is 0 Å². The molecule has 5 heteroatoms. The second-order valence-electron chi connectivity index (χ2n) is 4.82. The summed E-state index contributed by atoms with van der Waals surface area (Å²) in [5, 5.41) is 1.02. The van der Waals surface area contributed by atoms with Crippen LogP contribution in [-0.2, 0) is 11.3 Å². The van der Waals surface area contributed by atoms with Crippen molar-refractivity contribution in [1.29, 1.82) is 0 Å². The fourth-order valence-electron chi connectivity index (χ4n) is 1.96. The molecule has 0 saturated carbocycles. The number of carbonyl (C=O) groups is 1. The maximum absolute atomic E-state index is 12.2. The topological polar surface area (TPSA) is 59.2 Å². The van der Waals surface area contributed by atoms with Gasteiger partial charge >= 0.3 is 0 Å². The summed E-state index contributed by atoms with van der Waals surface area (Å²) in [7, 11) is 1.80. The molecule has 0 aliphatic carbocycles. The molecule has 0 fully saturated rings. The molecule has 1 aromatic heterocycles. The van der Waals surface area contributed by atoms with Crippen LogP contribution in [0.3, 0.4) is 0 Å². The van der Waals surface area contributed by atoms with E-state index in [4.69, 9.17) is 5.73 Å². The molecule has 20 heavy (non-hydrogen) atoms. The van der Waals surface area contributed by atoms with Crippen molar-refractivity contribution in [1.82, 2.24) is 9.88 Å². The van der Waals surface area contributed by atoms with Crippen LogP contribution in [0.4, 0.5) is 0 Å². The first-order chi connectivity index (χ1) is 9.56. The predicted octanol–water partition coefficient (Wildman–Crippen LogP) is 2.50. The lowest BCUT2D eigenvalue weighted by Crippen LogP contribution is -2.29. The van der Waals surface area contributed by atoms with Crippen LogP contribution in [0.1, 0.15) is 27.9 Å². The normalized spacial score (nSPS) is 12.2. The summed E-state index contributed by atoms with van der Waals surface area (Å²) >= 11 is 1.61. The third kappa shape index (κ3) is 3.88. The molecule has 1 heterocycles. The number of amides is 1. The molecule has 1 amide bonds. The van der Waals surface area contributed by atoms with Crippen LogP contribution in [0.5, 0.6) is 0 Å². The van der Waals surface area contributed by atoms with E-state index in [1.165, 1.54) is 0 Å². The molecule has 2 N–H and O–H groups in total. The third-order valence-corrected chi connectivity index (χ3v) is 4.01. The highest BCUT2D eigenvalue weighted by molar-refractivity contribution is 7.11. The number of hydrogen-bond acceptors (Lipinski definition) is 4. The second-order valence-corrected chi connectivity index (χ2v) is 6.14. The summed E-state index contributed by atoms with van der Waals surface area (Å²) in [4.78, 5) is 19.2. The van der Waals surface area contributed by atoms with E-state index in [1.807, 2.05) is 43.5 Å². The van der Waals surface area contributed by atoms with Gasteiger partial charge in [-0.3, -0.25) is 4.79 Å². The van der Waals surface area contributed by atoms with Crippen molar-refractivity contribution in [2.45, 2.75) is 25.9 Å². The molecule has 0 saturated heterocycles. The number of hydrogen-bond donors (Lipinski definition) is 1. The predicted molar refractivity (Wildman–Crippen MR) is 81.3 cm³/mol. The fraction of sp³-hybridized carbons (Fsp3) is 0.333. The zero-order valence-corrected chi connectivity index (χ0v) is 12.6. The molecule has 0 spiro atoms. The molecule has 0 aliphatic heterocycles. The number of thiazole rings is 1. The van der Waals surface area contributed by atoms with Crippen LogP contribution in [0.15, 0.2) is 36.5 Å². The first-order valence-corrected chi connectivity index (χ1v) is 7.33. The summed E-state index contributed by atoms with van der Waals surface area (Å²) in [6.45, 7) is 2.55. The Balaban J connectivity index is 1.91. The van der Waals surface area contributed by atoms with E-state index >= 15 is 0 Å². The Morgan fingerprint density at radius 1 is 1.40 bits per heavy atom. The molecule has 2 rings (SSSR count). The van der Waals surface area contributed by atoms with Gasteiger partial charge < -0.3 is 10.6 Å². The summed E-state index contributed by atoms with van der Waals surface area (Å²) in [6.07, 6.45) is 2.14. The Morgan fingerprint density at radius 2 is 2.10 bits per heavy atom. The van der Waals surface area contributed by atoms with E-state index in [9.17, 15) is 4.79 Å². The molecule has 0 radical (unpaired) electrons. The maximum Gasteiger partial charge on any atom is 0.224 e. The van der Waals surface area contributed by atoms with E-state index in [0.717, 1.165) is 15.4 Å². The summed E-state index contributed by atoms with van der Waals surface area (Å²) in [5.41, 5.74) is 7.06. The molecule has 1 atom stereocenters. The van der Waals surface area contributed by atoms with Crippen LogP contribution >= 0.6 is 11.3 Å². The lowest BCUT2D eigenvalue weighted by Gasteiger charge is -2.19. The zero-order chi connectivity index (χ0) is 14.5. The van der Waals surface area contributed by atoms with Gasteiger partial charge in [0.2, 0.25) is 5.91 Å². The summed E-state index contributed by atoms with van der Waals surface area (Å²) in [5.74, 6) is 0.0485. The molecule has 106 valence electrons. The second kappa shape index (κ2) is 6.63. The van der Waals surface area contributed by atoms with E-state index in [-0.39, 0.29) is 11.9 Å².